The molecule has 0 unspecified atom stereocenters. The summed E-state index contributed by atoms with van der Waals surface area (Å²) in [5.41, 5.74) is 7.12. The second-order valence-corrected chi connectivity index (χ2v) is 8.13. The molecule has 0 saturated carbocycles. The Bertz CT molecular complexity index is 1000. The summed E-state index contributed by atoms with van der Waals surface area (Å²) in [5.74, 6) is 2.31. The summed E-state index contributed by atoms with van der Waals surface area (Å²) in [4.78, 5) is 22.0. The third-order valence-corrected chi connectivity index (χ3v) is 6.31. The lowest BCUT2D eigenvalue weighted by molar-refractivity contribution is -0.124. The molecule has 9 nitrogen and oxygen atoms in total. The van der Waals surface area contributed by atoms with Gasteiger partial charge in [0.05, 0.1) is 13.2 Å². The highest BCUT2D eigenvalue weighted by atomic mass is 16.7. The fourth-order valence-corrected chi connectivity index (χ4v) is 4.61. The minimum atomic E-state index is -0.532. The van der Waals surface area contributed by atoms with E-state index in [9.17, 15) is 4.79 Å². The van der Waals surface area contributed by atoms with E-state index in [0.29, 0.717) is 51.4 Å². The van der Waals surface area contributed by atoms with Gasteiger partial charge in [0.2, 0.25) is 12.7 Å². The lowest BCUT2D eigenvalue weighted by atomic mass is 9.85. The zero-order valence-corrected chi connectivity index (χ0v) is 17.9. The molecule has 32 heavy (non-hydrogen) atoms. The summed E-state index contributed by atoms with van der Waals surface area (Å²) in [5, 5.41) is 6.47. The molecule has 2 fully saturated rings. The van der Waals surface area contributed by atoms with Crippen molar-refractivity contribution < 1.29 is 14.3 Å². The van der Waals surface area contributed by atoms with E-state index in [0.717, 1.165) is 23.1 Å². The summed E-state index contributed by atoms with van der Waals surface area (Å²) in [6.45, 7) is 3.17. The van der Waals surface area contributed by atoms with Gasteiger partial charge in [-0.25, -0.2) is 0 Å². The molecule has 0 aromatic heterocycles. The van der Waals surface area contributed by atoms with Crippen molar-refractivity contribution in [1.29, 1.82) is 0 Å². The van der Waals surface area contributed by atoms with Crippen LogP contribution in [0, 0.1) is 0 Å². The van der Waals surface area contributed by atoms with Crippen LogP contribution in [0.5, 0.6) is 11.5 Å². The van der Waals surface area contributed by atoms with Crippen molar-refractivity contribution >= 4 is 23.2 Å². The lowest BCUT2D eigenvalue weighted by Gasteiger charge is -2.44. The van der Waals surface area contributed by atoms with Crippen LogP contribution in [-0.2, 0) is 4.79 Å². The number of piperidine rings is 1. The zero-order chi connectivity index (χ0) is 22.0. The number of carbonyl (C=O) groups is 1. The highest BCUT2D eigenvalue weighted by Gasteiger charge is 2.50. The van der Waals surface area contributed by atoms with Crippen LogP contribution in [0.1, 0.15) is 12.8 Å². The average Bonchev–Trinajstić information content (AvgIpc) is 3.42. The summed E-state index contributed by atoms with van der Waals surface area (Å²) in [6.07, 6.45) is 1.41. The molecule has 4 N–H and O–H groups in total. The largest absolute Gasteiger partial charge is 0.454 e. The Kier molecular flexibility index (Phi) is 5.48. The number of hydrogen-bond donors (Lipinski definition) is 3. The molecule has 5 rings (SSSR count). The monoisotopic (exact) mass is 436 g/mol. The van der Waals surface area contributed by atoms with Crippen LogP contribution < -0.4 is 30.7 Å². The maximum absolute atomic E-state index is 12.9. The van der Waals surface area contributed by atoms with Crippen LogP contribution in [0.25, 0.3) is 0 Å². The van der Waals surface area contributed by atoms with Crippen LogP contribution in [0.3, 0.4) is 0 Å². The maximum atomic E-state index is 12.9. The highest BCUT2D eigenvalue weighted by Crippen LogP contribution is 2.37. The van der Waals surface area contributed by atoms with Gasteiger partial charge < -0.3 is 35.6 Å². The van der Waals surface area contributed by atoms with E-state index in [4.69, 9.17) is 15.2 Å². The predicted molar refractivity (Wildman–Crippen MR) is 123 cm³/mol. The molecule has 0 bridgehead atoms. The Hall–Kier alpha value is -3.46. The number of nitrogens with one attached hydrogen (secondary N) is 2. The Morgan fingerprint density at radius 2 is 1.91 bits per heavy atom. The number of ether oxygens (including phenoxy) is 2. The van der Waals surface area contributed by atoms with Crippen molar-refractivity contribution in [3.63, 3.8) is 0 Å². The molecular formula is C23H28N6O3. The Morgan fingerprint density at radius 1 is 1.12 bits per heavy atom. The van der Waals surface area contributed by atoms with Gasteiger partial charge in [0, 0.05) is 37.1 Å². The summed E-state index contributed by atoms with van der Waals surface area (Å²) < 4.78 is 10.9. The molecule has 3 aliphatic rings. The number of para-hydroxylation sites is 1. The first-order chi connectivity index (χ1) is 15.7. The molecule has 9 heteroatoms. The third kappa shape index (κ3) is 3.69. The van der Waals surface area contributed by atoms with Crippen molar-refractivity contribution in [2.24, 2.45) is 10.7 Å². The Morgan fingerprint density at radius 3 is 2.69 bits per heavy atom. The first kappa shape index (κ1) is 20.4. The van der Waals surface area contributed by atoms with Gasteiger partial charge in [-0.3, -0.25) is 9.79 Å². The molecule has 2 aromatic rings. The smallest absolute Gasteiger partial charge is 0.247 e. The van der Waals surface area contributed by atoms with Crippen LogP contribution in [0.2, 0.25) is 0 Å². The lowest BCUT2D eigenvalue weighted by Crippen LogP contribution is -2.58. The number of aliphatic imine (C=N–C) groups is 1. The number of carbonyl (C=O) groups excluding carboxylic acids is 1. The molecule has 1 amide bonds. The number of fused-ring (bicyclic) bond motifs is 1. The molecular weight excluding hydrogens is 408 g/mol. The van der Waals surface area contributed by atoms with Gasteiger partial charge in [0.15, 0.2) is 17.5 Å². The van der Waals surface area contributed by atoms with E-state index < -0.39 is 5.54 Å². The Labute approximate surface area is 187 Å². The second kappa shape index (κ2) is 8.58. The number of nitrogens with two attached hydrogens (primary N) is 1. The normalized spacial score (nSPS) is 19.4. The molecule has 2 saturated heterocycles. The van der Waals surface area contributed by atoms with Crippen LogP contribution in [0.15, 0.2) is 53.5 Å². The summed E-state index contributed by atoms with van der Waals surface area (Å²) >= 11 is 0. The van der Waals surface area contributed by atoms with Gasteiger partial charge in [0.1, 0.15) is 5.54 Å². The van der Waals surface area contributed by atoms with Gasteiger partial charge in [-0.05, 0) is 37.1 Å². The molecule has 3 aliphatic heterocycles. The fraction of sp³-hybridized carbons (Fsp3) is 0.391. The molecule has 0 aliphatic carbocycles. The number of likely N-dealkylation sites (tertiary alicyclic amines) is 1. The zero-order valence-electron chi connectivity index (χ0n) is 17.9. The SMILES string of the molecule is NCCN=C(Nc1ccc2c(c1)OCO2)N1CCC2(CC1)C(=O)NCN2c1ccccc1. The maximum Gasteiger partial charge on any atom is 0.247 e. The predicted octanol–water partition coefficient (Wildman–Crippen LogP) is 1.57. The number of guanidine groups is 1. The van der Waals surface area contributed by atoms with Crippen molar-refractivity contribution in [2.45, 2.75) is 18.4 Å². The van der Waals surface area contributed by atoms with Crippen molar-refractivity contribution in [1.82, 2.24) is 10.2 Å². The van der Waals surface area contributed by atoms with E-state index in [1.165, 1.54) is 0 Å². The summed E-state index contributed by atoms with van der Waals surface area (Å²) in [6, 6.07) is 15.9. The fourth-order valence-electron chi connectivity index (χ4n) is 4.61. The number of hydrogen-bond acceptors (Lipinski definition) is 6. The average molecular weight is 437 g/mol. The molecule has 3 heterocycles. The highest BCUT2D eigenvalue weighted by molar-refractivity contribution is 5.96. The molecule has 0 atom stereocenters. The van der Waals surface area contributed by atoms with Gasteiger partial charge >= 0.3 is 0 Å². The van der Waals surface area contributed by atoms with Crippen LogP contribution in [-0.4, -0.2) is 61.9 Å². The van der Waals surface area contributed by atoms with E-state index in [-0.39, 0.29) is 12.7 Å². The topological polar surface area (TPSA) is 104 Å². The van der Waals surface area contributed by atoms with Crippen molar-refractivity contribution in [2.75, 3.05) is 49.9 Å². The van der Waals surface area contributed by atoms with E-state index in [2.05, 4.69) is 37.6 Å². The minimum absolute atomic E-state index is 0.102. The first-order valence-corrected chi connectivity index (χ1v) is 11.0. The van der Waals surface area contributed by atoms with Gasteiger partial charge in [-0.1, -0.05) is 18.2 Å². The molecule has 2 aromatic carbocycles. The number of anilines is 2. The van der Waals surface area contributed by atoms with Gasteiger partial charge in [-0.2, -0.15) is 0 Å². The number of amides is 1. The minimum Gasteiger partial charge on any atom is -0.454 e. The van der Waals surface area contributed by atoms with E-state index >= 15 is 0 Å². The van der Waals surface area contributed by atoms with Gasteiger partial charge in [-0.15, -0.1) is 0 Å². The summed E-state index contributed by atoms with van der Waals surface area (Å²) in [7, 11) is 0. The van der Waals surface area contributed by atoms with Gasteiger partial charge in [0.25, 0.3) is 0 Å². The molecule has 0 radical (unpaired) electrons. The number of benzene rings is 2. The van der Waals surface area contributed by atoms with Crippen molar-refractivity contribution in [3.8, 4) is 11.5 Å². The standard InChI is InChI=1S/C23H28N6O3/c24-10-11-25-22(27-17-6-7-19-20(14-17)32-16-31-19)28-12-8-23(9-13-28)21(30)26-15-29(23)18-4-2-1-3-5-18/h1-7,14H,8-13,15-16,24H2,(H,25,27)(H,26,30). The van der Waals surface area contributed by atoms with E-state index in [1.54, 1.807) is 0 Å². The van der Waals surface area contributed by atoms with Crippen LogP contribution >= 0.6 is 0 Å². The second-order valence-electron chi connectivity index (χ2n) is 8.13. The molecule has 1 spiro atoms. The first-order valence-electron chi connectivity index (χ1n) is 11.0. The van der Waals surface area contributed by atoms with Crippen molar-refractivity contribution in [3.05, 3.63) is 48.5 Å². The van der Waals surface area contributed by atoms with Crippen LogP contribution in [0.4, 0.5) is 11.4 Å². The quantitative estimate of drug-likeness (QED) is 0.494. The number of rotatable bonds is 4. The third-order valence-electron chi connectivity index (χ3n) is 6.31. The Balaban J connectivity index is 1.33. The van der Waals surface area contributed by atoms with E-state index in [1.807, 2.05) is 36.4 Å². The number of nitrogens with zero attached hydrogens (tertiary/aromatic N) is 3. The molecule has 168 valence electrons.